The summed E-state index contributed by atoms with van der Waals surface area (Å²) in [5.41, 5.74) is 5.39. The van der Waals surface area contributed by atoms with Gasteiger partial charge in [0.2, 0.25) is 0 Å². The Morgan fingerprint density at radius 3 is 2.32 bits per heavy atom. The highest BCUT2D eigenvalue weighted by Gasteiger charge is 2.51. The Kier molecular flexibility index (Phi) is 6.34. The molecule has 0 radical (unpaired) electrons. The number of anilines is 1. The lowest BCUT2D eigenvalue weighted by Gasteiger charge is -2.32. The third-order valence-corrected chi connectivity index (χ3v) is 6.08. The van der Waals surface area contributed by atoms with Crippen molar-refractivity contribution in [3.8, 4) is 5.75 Å². The van der Waals surface area contributed by atoms with E-state index in [1.165, 1.54) is 0 Å². The second-order valence-corrected chi connectivity index (χ2v) is 8.79. The van der Waals surface area contributed by atoms with Crippen LogP contribution >= 0.6 is 0 Å². The molecule has 0 aromatic heterocycles. The first-order valence-electron chi connectivity index (χ1n) is 10.2. The Balaban J connectivity index is 1.78. The van der Waals surface area contributed by atoms with Gasteiger partial charge in [0.1, 0.15) is 12.4 Å². The van der Waals surface area contributed by atoms with Crippen LogP contribution in [0.5, 0.6) is 5.75 Å². The lowest BCUT2D eigenvalue weighted by Crippen LogP contribution is -2.48. The number of hydrogen-bond acceptors (Lipinski definition) is 6. The van der Waals surface area contributed by atoms with Gasteiger partial charge in [0.05, 0.1) is 16.9 Å². The van der Waals surface area contributed by atoms with Gasteiger partial charge in [-0.3, -0.25) is 5.43 Å². The third kappa shape index (κ3) is 4.55. The van der Waals surface area contributed by atoms with Crippen molar-refractivity contribution in [1.82, 2.24) is 5.43 Å². The number of carbonyl (C=O) groups excluding carboxylic acids is 1. The minimum Gasteiger partial charge on any atom is -0.489 e. The van der Waals surface area contributed by atoms with E-state index in [2.05, 4.69) is 0 Å². The first kappa shape index (κ1) is 23.1. The Morgan fingerprint density at radius 1 is 1.10 bits per heavy atom. The molecule has 2 aromatic rings. The van der Waals surface area contributed by atoms with Gasteiger partial charge in [-0.15, -0.1) is 0 Å². The molecular weight excluding hydrogens is 395 g/mol. The zero-order valence-corrected chi connectivity index (χ0v) is 19.0. The van der Waals surface area contributed by atoms with Gasteiger partial charge in [0.25, 0.3) is 0 Å². The fourth-order valence-electron chi connectivity index (χ4n) is 3.39. The number of carbonyl (C=O) groups is 1. The van der Waals surface area contributed by atoms with Crippen LogP contribution in [0, 0.1) is 13.8 Å². The van der Waals surface area contributed by atoms with E-state index in [1.54, 1.807) is 6.07 Å². The van der Waals surface area contributed by atoms with Gasteiger partial charge >= 0.3 is 13.1 Å². The first-order valence-corrected chi connectivity index (χ1v) is 10.2. The topological polar surface area (TPSA) is 112 Å². The molecule has 0 aliphatic carbocycles. The van der Waals surface area contributed by atoms with Crippen molar-refractivity contribution in [1.29, 1.82) is 0 Å². The van der Waals surface area contributed by atoms with Crippen molar-refractivity contribution in [3.05, 3.63) is 53.1 Å². The summed E-state index contributed by atoms with van der Waals surface area (Å²) in [5.74, 6) is 11.8. The standard InChI is InChI=1S/C22H31BN4O4/c1-14-8-7-9-18(27(25)20(28)26-24)17(14)13-29-19-11-10-16(12-15(19)2)23-30-21(3,4)22(5,6)31-23/h7-12H,13,24-25H2,1-6H3,(H,26,28). The molecular formula is C22H31BN4O4. The Bertz CT molecular complexity index is 964. The van der Waals surface area contributed by atoms with E-state index in [1.807, 2.05) is 77.3 Å². The maximum absolute atomic E-state index is 11.9. The second kappa shape index (κ2) is 8.51. The zero-order chi connectivity index (χ0) is 23.0. The molecule has 2 aromatic carbocycles. The van der Waals surface area contributed by atoms with Crippen LogP contribution in [0.15, 0.2) is 36.4 Å². The number of nitrogens with zero attached hydrogens (tertiary/aromatic N) is 1. The molecule has 0 unspecified atom stereocenters. The fraction of sp³-hybridized carbons (Fsp3) is 0.409. The van der Waals surface area contributed by atoms with Crippen LogP contribution < -0.4 is 32.3 Å². The zero-order valence-electron chi connectivity index (χ0n) is 19.0. The minimum atomic E-state index is -0.616. The van der Waals surface area contributed by atoms with E-state index in [0.717, 1.165) is 32.9 Å². The maximum atomic E-state index is 11.9. The molecule has 1 aliphatic heterocycles. The van der Waals surface area contributed by atoms with Gasteiger partial charge in [0, 0.05) is 5.56 Å². The van der Waals surface area contributed by atoms with Gasteiger partial charge in [-0.05, 0) is 70.3 Å². The van der Waals surface area contributed by atoms with E-state index in [0.29, 0.717) is 5.69 Å². The number of amides is 2. The predicted molar refractivity (Wildman–Crippen MR) is 122 cm³/mol. The maximum Gasteiger partial charge on any atom is 0.494 e. The van der Waals surface area contributed by atoms with Crippen molar-refractivity contribution in [3.63, 3.8) is 0 Å². The lowest BCUT2D eigenvalue weighted by atomic mass is 9.78. The molecule has 31 heavy (non-hydrogen) atoms. The Morgan fingerprint density at radius 2 is 1.74 bits per heavy atom. The van der Waals surface area contributed by atoms with Gasteiger partial charge in [0.15, 0.2) is 0 Å². The Hall–Kier alpha value is -2.59. The number of nitrogens with two attached hydrogens (primary N) is 2. The van der Waals surface area contributed by atoms with E-state index >= 15 is 0 Å². The summed E-state index contributed by atoms with van der Waals surface area (Å²) in [6.45, 7) is 12.3. The molecule has 2 amide bonds. The highest BCUT2D eigenvalue weighted by Crippen LogP contribution is 2.36. The molecule has 9 heteroatoms. The van der Waals surface area contributed by atoms with Crippen molar-refractivity contribution < 1.29 is 18.8 Å². The smallest absolute Gasteiger partial charge is 0.489 e. The third-order valence-electron chi connectivity index (χ3n) is 6.08. The fourth-order valence-corrected chi connectivity index (χ4v) is 3.39. The number of rotatable bonds is 5. The molecule has 0 bridgehead atoms. The molecule has 5 N–H and O–H groups in total. The van der Waals surface area contributed by atoms with Crippen LogP contribution in [0.25, 0.3) is 0 Å². The van der Waals surface area contributed by atoms with Crippen LogP contribution in [0.2, 0.25) is 0 Å². The Labute approximate surface area is 183 Å². The van der Waals surface area contributed by atoms with Gasteiger partial charge < -0.3 is 14.0 Å². The summed E-state index contributed by atoms with van der Waals surface area (Å²) in [7, 11) is -0.429. The molecule has 166 valence electrons. The number of nitrogens with one attached hydrogen (secondary N) is 1. The van der Waals surface area contributed by atoms with E-state index < -0.39 is 24.4 Å². The highest BCUT2D eigenvalue weighted by molar-refractivity contribution is 6.62. The second-order valence-electron chi connectivity index (χ2n) is 8.79. The van der Waals surface area contributed by atoms with Crippen molar-refractivity contribution in [2.75, 3.05) is 5.01 Å². The highest BCUT2D eigenvalue weighted by atomic mass is 16.7. The molecule has 0 spiro atoms. The molecule has 0 atom stereocenters. The van der Waals surface area contributed by atoms with Crippen LogP contribution in [-0.4, -0.2) is 24.4 Å². The summed E-state index contributed by atoms with van der Waals surface area (Å²) >= 11 is 0. The van der Waals surface area contributed by atoms with Crippen molar-refractivity contribution in [2.24, 2.45) is 11.7 Å². The number of hydrazine groups is 2. The van der Waals surface area contributed by atoms with Gasteiger partial charge in [-0.1, -0.05) is 24.3 Å². The first-order chi connectivity index (χ1) is 14.5. The minimum absolute atomic E-state index is 0.240. The van der Waals surface area contributed by atoms with Crippen LogP contribution in [0.1, 0.15) is 44.4 Å². The van der Waals surface area contributed by atoms with Gasteiger partial charge in [-0.2, -0.15) is 0 Å². The summed E-state index contributed by atoms with van der Waals surface area (Å²) in [6.07, 6.45) is 0. The summed E-state index contributed by atoms with van der Waals surface area (Å²) < 4.78 is 18.3. The predicted octanol–water partition coefficient (Wildman–Crippen LogP) is 2.45. The monoisotopic (exact) mass is 426 g/mol. The van der Waals surface area contributed by atoms with E-state index in [-0.39, 0.29) is 6.61 Å². The quantitative estimate of drug-likeness (QED) is 0.293. The van der Waals surface area contributed by atoms with Crippen LogP contribution in [0.3, 0.4) is 0 Å². The summed E-state index contributed by atoms with van der Waals surface area (Å²) in [4.78, 5) is 11.9. The average Bonchev–Trinajstić information content (AvgIpc) is 2.93. The largest absolute Gasteiger partial charge is 0.494 e. The number of benzene rings is 2. The van der Waals surface area contributed by atoms with Gasteiger partial charge in [-0.25, -0.2) is 21.5 Å². The number of ether oxygens (including phenoxy) is 1. The molecule has 1 aliphatic rings. The average molecular weight is 426 g/mol. The van der Waals surface area contributed by atoms with E-state index in [9.17, 15) is 4.79 Å². The van der Waals surface area contributed by atoms with Crippen LogP contribution in [0.4, 0.5) is 10.5 Å². The molecule has 3 rings (SSSR count). The molecule has 1 heterocycles. The lowest BCUT2D eigenvalue weighted by molar-refractivity contribution is 0.00578. The molecule has 1 fully saturated rings. The molecule has 1 saturated heterocycles. The number of urea groups is 1. The number of hydrogen-bond donors (Lipinski definition) is 3. The SMILES string of the molecule is Cc1cc(B2OC(C)(C)C(C)(C)O2)ccc1OCc1c(C)cccc1N(N)C(=O)NN. The van der Waals surface area contributed by atoms with Crippen molar-refractivity contribution >= 4 is 24.3 Å². The number of aryl methyl sites for hydroxylation is 2. The normalized spacial score (nSPS) is 16.8. The summed E-state index contributed by atoms with van der Waals surface area (Å²) in [5, 5.41) is 0.972. The van der Waals surface area contributed by atoms with Crippen LogP contribution in [-0.2, 0) is 15.9 Å². The van der Waals surface area contributed by atoms with E-state index in [4.69, 9.17) is 25.7 Å². The molecule has 0 saturated carbocycles. The molecule has 8 nitrogen and oxygen atoms in total. The summed E-state index contributed by atoms with van der Waals surface area (Å²) in [6, 6.07) is 10.7. The van der Waals surface area contributed by atoms with Crippen molar-refractivity contribution in [2.45, 2.75) is 59.4 Å².